The van der Waals surface area contributed by atoms with Crippen LogP contribution in [0, 0.1) is 11.3 Å². The number of piperazine rings is 3. The fourth-order valence-corrected chi connectivity index (χ4v) is 15.9. The van der Waals surface area contributed by atoms with Gasteiger partial charge in [-0.1, -0.05) is 58.2 Å². The summed E-state index contributed by atoms with van der Waals surface area (Å²) < 4.78 is 18.5. The Hall–Kier alpha value is -11.4. The molecule has 26 nitrogen and oxygen atoms in total. The van der Waals surface area contributed by atoms with E-state index in [4.69, 9.17) is 29.2 Å². The predicted octanol–water partition coefficient (Wildman–Crippen LogP) is 13.8. The third kappa shape index (κ3) is 22.9. The number of H-pyrrole nitrogens is 3. The lowest BCUT2D eigenvalue weighted by molar-refractivity contribution is 0.0652. The zero-order valence-corrected chi connectivity index (χ0v) is 70.5. The van der Waals surface area contributed by atoms with Crippen LogP contribution >= 0.6 is 0 Å². The van der Waals surface area contributed by atoms with Crippen LogP contribution in [0.2, 0.25) is 0 Å². The van der Waals surface area contributed by atoms with Crippen molar-refractivity contribution in [1.29, 1.82) is 0 Å². The summed E-state index contributed by atoms with van der Waals surface area (Å²) in [6.07, 6.45) is 22.7. The molecule has 12 heterocycles. The number of aromatic amines is 3. The number of likely N-dealkylation sites (N-methyl/N-ethyl adjacent to an activating group) is 3. The average molecular weight is 1620 g/mol. The maximum atomic E-state index is 13.0. The van der Waals surface area contributed by atoms with Crippen molar-refractivity contribution in [3.63, 3.8) is 0 Å². The molecule has 3 saturated heterocycles. The van der Waals surface area contributed by atoms with Crippen LogP contribution in [0.4, 0.5) is 0 Å². The summed E-state index contributed by atoms with van der Waals surface area (Å²) in [4.78, 5) is 103. The van der Waals surface area contributed by atoms with Gasteiger partial charge in [-0.25, -0.2) is 29.9 Å². The SMILES string of the molecule is CC(O)CCC(C)Oc1ccnc(-c2ccnc(Cc3ccc4[nH]c(C(=O)N5CCN(C)CC5)cc4c3)n2)c1.CC1CCCC(Oc2ccnc(-c3ccnc(Cc4ccc5[nH]c(C(=O)N6CCN(C)CC6)cc5c4)n3)c2)CCC1.CCCC(C)(CO)COc1ccnc(-c2ccnc(Cc3ccc4[nH]c(C(=O)N5CCN(C)CC5)cc4c3)n2)c1. The van der Waals surface area contributed by atoms with E-state index in [1.54, 1.807) is 44.1 Å². The Morgan fingerprint density at radius 2 is 0.842 bits per heavy atom. The van der Waals surface area contributed by atoms with E-state index in [0.29, 0.717) is 78.2 Å². The van der Waals surface area contributed by atoms with Gasteiger partial charge in [-0.2, -0.15) is 0 Å². The maximum absolute atomic E-state index is 13.0. The lowest BCUT2D eigenvalue weighted by Gasteiger charge is -2.32. The monoisotopic (exact) mass is 1620 g/mol. The summed E-state index contributed by atoms with van der Waals surface area (Å²) in [7, 11) is 6.25. The van der Waals surface area contributed by atoms with Gasteiger partial charge < -0.3 is 68.8 Å². The summed E-state index contributed by atoms with van der Waals surface area (Å²) in [5, 5.41) is 22.3. The highest BCUT2D eigenvalue weighted by atomic mass is 16.5. The van der Waals surface area contributed by atoms with E-state index in [2.05, 4.69) is 119 Å². The van der Waals surface area contributed by atoms with Gasteiger partial charge in [0.2, 0.25) is 0 Å². The minimum atomic E-state index is -0.340. The van der Waals surface area contributed by atoms with E-state index in [1.165, 1.54) is 25.7 Å². The summed E-state index contributed by atoms with van der Waals surface area (Å²) >= 11 is 0. The number of pyridine rings is 3. The molecular formula is C94H114N18O8. The standard InChI is InChI=1S/C33H40N6O2.C31H38N6O3.C30H36N6O3/c1-23-5-3-7-26(8-4-6-23)41-27-11-13-34-30(22-27)29-12-14-35-32(37-29)20-24-9-10-28-25(19-24)21-31(36-28)33(40)39-17-15-38(2)16-18-39;1-4-9-31(2,20-38)21-40-24-7-10-32-27(19-24)26-8-11-33-29(35-26)17-22-5-6-25-23(16-22)18-28(34-25)30(39)37-14-12-36(3)13-15-37;1-20(37)4-5-21(2)39-24-8-10-31-27(19-24)26-9-11-32-29(34-26)17-22-6-7-25-23(16-22)18-28(33-25)30(38)36-14-12-35(3)13-15-36/h9-14,19,21-23,26,36H,3-8,15-18,20H2,1-2H3;5-8,10-11,16,18-19,34,38H,4,9,12-15,17,20-21H2,1-3H3;6-11,16,18-21,33,37H,4-5,12-15,17H2,1-3H3. The number of aliphatic hydroxyl groups excluding tert-OH is 2. The highest BCUT2D eigenvalue weighted by Gasteiger charge is 2.28. The minimum Gasteiger partial charge on any atom is -0.493 e. The molecule has 12 aromatic rings. The van der Waals surface area contributed by atoms with Gasteiger partial charge >= 0.3 is 0 Å². The first-order valence-corrected chi connectivity index (χ1v) is 42.6. The number of carbonyl (C=O) groups excluding carboxylic acids is 3. The molecular weight excluding hydrogens is 1510 g/mol. The normalized spacial score (nSPS) is 17.4. The van der Waals surface area contributed by atoms with Crippen molar-refractivity contribution >= 4 is 50.4 Å². The second kappa shape index (κ2) is 40.1. The molecule has 3 amide bonds. The quantitative estimate of drug-likeness (QED) is 0.0355. The van der Waals surface area contributed by atoms with Crippen molar-refractivity contribution in [2.75, 3.05) is 113 Å². The molecule has 3 unspecified atom stereocenters. The van der Waals surface area contributed by atoms with Crippen LogP contribution in [-0.2, 0) is 19.3 Å². The summed E-state index contributed by atoms with van der Waals surface area (Å²) in [6, 6.07) is 41.3. The minimum absolute atomic E-state index is 0.0171. The van der Waals surface area contributed by atoms with Gasteiger partial charge in [-0.3, -0.25) is 29.3 Å². The van der Waals surface area contributed by atoms with Gasteiger partial charge in [0.25, 0.3) is 17.7 Å². The molecule has 3 aromatic carbocycles. The molecule has 5 N–H and O–H groups in total. The molecule has 3 aliphatic heterocycles. The third-order valence-electron chi connectivity index (χ3n) is 23.2. The number of carbonyl (C=O) groups is 3. The summed E-state index contributed by atoms with van der Waals surface area (Å²) in [5.74, 6) is 5.37. The summed E-state index contributed by atoms with van der Waals surface area (Å²) in [5.41, 5.74) is 12.1. The van der Waals surface area contributed by atoms with Crippen LogP contribution in [-0.4, -0.2) is 248 Å². The molecule has 0 bridgehead atoms. The van der Waals surface area contributed by atoms with Crippen LogP contribution in [0.3, 0.4) is 0 Å². The highest BCUT2D eigenvalue weighted by Crippen LogP contribution is 2.32. The van der Waals surface area contributed by atoms with Crippen LogP contribution in [0.25, 0.3) is 66.9 Å². The zero-order chi connectivity index (χ0) is 83.7. The number of benzene rings is 3. The average Bonchev–Trinajstić information content (AvgIpc) is 1.59. The van der Waals surface area contributed by atoms with Crippen molar-refractivity contribution in [2.24, 2.45) is 11.3 Å². The molecule has 120 heavy (non-hydrogen) atoms. The Labute approximate surface area is 702 Å². The van der Waals surface area contributed by atoms with Crippen molar-refractivity contribution in [3.8, 4) is 51.4 Å². The topological polar surface area (TPSA) is 302 Å². The molecule has 1 saturated carbocycles. The Kier molecular flexibility index (Phi) is 28.4. The van der Waals surface area contributed by atoms with Crippen molar-refractivity contribution in [1.82, 2.24) is 89.2 Å². The number of aromatic nitrogens is 12. The number of hydrogen-bond donors (Lipinski definition) is 5. The molecule has 628 valence electrons. The smallest absolute Gasteiger partial charge is 0.270 e. The summed E-state index contributed by atoms with van der Waals surface area (Å²) in [6.45, 7) is 20.7. The van der Waals surface area contributed by atoms with Crippen molar-refractivity contribution in [3.05, 3.63) is 216 Å². The van der Waals surface area contributed by atoms with Crippen LogP contribution < -0.4 is 14.2 Å². The van der Waals surface area contributed by atoms with Gasteiger partial charge in [0.1, 0.15) is 51.8 Å². The maximum Gasteiger partial charge on any atom is 0.270 e. The Bertz CT molecular complexity index is 5420. The number of hydrogen-bond acceptors (Lipinski definition) is 20. The van der Waals surface area contributed by atoms with Gasteiger partial charge in [-0.05, 0) is 194 Å². The van der Waals surface area contributed by atoms with Gasteiger partial charge in [0.15, 0.2) is 0 Å². The Morgan fingerprint density at radius 3 is 1.23 bits per heavy atom. The molecule has 9 aromatic heterocycles. The van der Waals surface area contributed by atoms with E-state index >= 15 is 0 Å². The molecule has 0 radical (unpaired) electrons. The largest absolute Gasteiger partial charge is 0.493 e. The number of ether oxygens (including phenoxy) is 3. The van der Waals surface area contributed by atoms with E-state index in [1.807, 2.05) is 132 Å². The number of amides is 3. The molecule has 3 atom stereocenters. The predicted molar refractivity (Wildman–Crippen MR) is 467 cm³/mol. The molecule has 0 spiro atoms. The fourth-order valence-electron chi connectivity index (χ4n) is 15.9. The van der Waals surface area contributed by atoms with Crippen LogP contribution in [0.5, 0.6) is 17.2 Å². The van der Waals surface area contributed by atoms with Gasteiger partial charge in [0, 0.05) is 191 Å². The number of rotatable bonds is 25. The second-order valence-corrected chi connectivity index (χ2v) is 33.4. The highest BCUT2D eigenvalue weighted by molar-refractivity contribution is 6.00. The Balaban J connectivity index is 0.000000147. The molecule has 4 aliphatic rings. The van der Waals surface area contributed by atoms with E-state index in [0.717, 1.165) is 206 Å². The number of aliphatic hydroxyl groups is 2. The first kappa shape index (κ1) is 85.0. The van der Waals surface area contributed by atoms with Gasteiger partial charge in [-0.15, -0.1) is 0 Å². The molecule has 16 rings (SSSR count). The van der Waals surface area contributed by atoms with E-state index < -0.39 is 0 Å². The van der Waals surface area contributed by atoms with Crippen LogP contribution in [0.1, 0.15) is 164 Å². The number of nitrogens with zero attached hydrogens (tertiary/aromatic N) is 15. The Morgan fingerprint density at radius 1 is 0.467 bits per heavy atom. The third-order valence-corrected chi connectivity index (χ3v) is 23.2. The van der Waals surface area contributed by atoms with E-state index in [-0.39, 0.29) is 48.1 Å². The zero-order valence-electron chi connectivity index (χ0n) is 70.5. The van der Waals surface area contributed by atoms with Crippen molar-refractivity contribution in [2.45, 2.75) is 136 Å². The first-order valence-electron chi connectivity index (χ1n) is 42.6. The lowest BCUT2D eigenvalue weighted by Crippen LogP contribution is -2.47. The molecule has 1 aliphatic carbocycles. The number of nitrogens with one attached hydrogen (secondary N) is 3. The number of fused-ring (bicyclic) bond motifs is 3. The van der Waals surface area contributed by atoms with E-state index in [9.17, 15) is 24.6 Å². The van der Waals surface area contributed by atoms with Crippen molar-refractivity contribution < 1.29 is 38.8 Å². The second-order valence-electron chi connectivity index (χ2n) is 33.4. The fraction of sp³-hybridized carbons (Fsp3) is 0.426. The molecule has 4 fully saturated rings. The molecule has 26 heteroatoms. The van der Waals surface area contributed by atoms with Crippen LogP contribution in [0.15, 0.2) is 165 Å². The lowest BCUT2D eigenvalue weighted by atomic mass is 9.88. The van der Waals surface area contributed by atoms with Gasteiger partial charge in [0.05, 0.1) is 65.7 Å². The first-order chi connectivity index (χ1) is 58.2.